The number of rotatable bonds is 1. The lowest BCUT2D eigenvalue weighted by molar-refractivity contribution is 0.548. The Bertz CT molecular complexity index is 354. The molecule has 2 atom stereocenters. The molecule has 2 rings (SSSR count). The maximum absolute atomic E-state index is 6.04. The lowest BCUT2D eigenvalue weighted by Crippen LogP contribution is -2.37. The molecular weight excluding hydrogens is 220 g/mol. The summed E-state index contributed by atoms with van der Waals surface area (Å²) in [7, 11) is 0. The van der Waals surface area contributed by atoms with Crippen LogP contribution in [0.25, 0.3) is 0 Å². The van der Waals surface area contributed by atoms with Crippen molar-refractivity contribution < 1.29 is 0 Å². The summed E-state index contributed by atoms with van der Waals surface area (Å²) in [5.41, 5.74) is 1.23. The zero-order valence-corrected chi connectivity index (χ0v) is 10.7. The molecule has 0 aliphatic carbocycles. The molecule has 1 aromatic rings. The minimum Gasteiger partial charge on any atom is -0.367 e. The van der Waals surface area contributed by atoms with Crippen LogP contribution in [0.15, 0.2) is 24.3 Å². The molecule has 0 amide bonds. The minimum atomic E-state index is 0.517. The molecule has 1 heterocycles. The van der Waals surface area contributed by atoms with Gasteiger partial charge in [-0.05, 0) is 38.5 Å². The van der Waals surface area contributed by atoms with Crippen molar-refractivity contribution in [2.45, 2.75) is 32.4 Å². The van der Waals surface area contributed by atoms with E-state index >= 15 is 0 Å². The number of halogens is 1. The Hall–Kier alpha value is -0.730. The van der Waals surface area contributed by atoms with Crippen LogP contribution >= 0.6 is 11.6 Å². The monoisotopic (exact) mass is 238 g/mol. The molecule has 0 bridgehead atoms. The molecule has 1 aliphatic rings. The van der Waals surface area contributed by atoms with Gasteiger partial charge in [0.05, 0.1) is 0 Å². The molecule has 16 heavy (non-hydrogen) atoms. The van der Waals surface area contributed by atoms with Crippen LogP contribution in [0, 0.1) is 0 Å². The maximum Gasteiger partial charge on any atom is 0.0426 e. The fraction of sp³-hybridized carbons (Fsp3) is 0.538. The average molecular weight is 239 g/mol. The molecule has 0 radical (unpaired) electrons. The SMILES string of the molecule is CC1CCN(c2cccc(Cl)c2)C(C)CN1. The highest BCUT2D eigenvalue weighted by Crippen LogP contribution is 2.22. The van der Waals surface area contributed by atoms with Crippen molar-refractivity contribution in [3.8, 4) is 0 Å². The van der Waals surface area contributed by atoms with Crippen LogP contribution in [0.4, 0.5) is 5.69 Å². The summed E-state index contributed by atoms with van der Waals surface area (Å²) in [4.78, 5) is 2.43. The Morgan fingerprint density at radius 1 is 1.38 bits per heavy atom. The van der Waals surface area contributed by atoms with Crippen LogP contribution in [0.1, 0.15) is 20.3 Å². The summed E-state index contributed by atoms with van der Waals surface area (Å²) in [6.07, 6.45) is 1.18. The quantitative estimate of drug-likeness (QED) is 0.810. The van der Waals surface area contributed by atoms with Gasteiger partial charge in [0.25, 0.3) is 0 Å². The Labute approximate surface area is 103 Å². The van der Waals surface area contributed by atoms with E-state index in [9.17, 15) is 0 Å². The van der Waals surface area contributed by atoms with Crippen molar-refractivity contribution in [2.24, 2.45) is 0 Å². The van der Waals surface area contributed by atoms with Gasteiger partial charge in [-0.2, -0.15) is 0 Å². The van der Waals surface area contributed by atoms with Crippen LogP contribution in [-0.4, -0.2) is 25.2 Å². The summed E-state index contributed by atoms with van der Waals surface area (Å²) in [6.45, 7) is 6.63. The van der Waals surface area contributed by atoms with Crippen LogP contribution in [0.3, 0.4) is 0 Å². The highest BCUT2D eigenvalue weighted by Gasteiger charge is 2.19. The summed E-state index contributed by atoms with van der Waals surface area (Å²) < 4.78 is 0. The molecule has 1 fully saturated rings. The molecule has 0 saturated carbocycles. The first-order valence-corrected chi connectivity index (χ1v) is 6.30. The highest BCUT2D eigenvalue weighted by molar-refractivity contribution is 6.30. The van der Waals surface area contributed by atoms with Gasteiger partial charge in [-0.3, -0.25) is 0 Å². The van der Waals surface area contributed by atoms with E-state index in [0.717, 1.165) is 18.1 Å². The van der Waals surface area contributed by atoms with Gasteiger partial charge in [-0.1, -0.05) is 17.7 Å². The first-order valence-electron chi connectivity index (χ1n) is 5.92. The normalized spacial score (nSPS) is 26.6. The van der Waals surface area contributed by atoms with E-state index in [1.165, 1.54) is 12.1 Å². The molecule has 3 heteroatoms. The number of nitrogens with one attached hydrogen (secondary N) is 1. The predicted molar refractivity (Wildman–Crippen MR) is 70.3 cm³/mol. The topological polar surface area (TPSA) is 15.3 Å². The van der Waals surface area contributed by atoms with Crippen molar-refractivity contribution in [3.63, 3.8) is 0 Å². The maximum atomic E-state index is 6.04. The average Bonchev–Trinajstić information content (AvgIpc) is 2.42. The fourth-order valence-electron chi connectivity index (χ4n) is 2.18. The van der Waals surface area contributed by atoms with Crippen molar-refractivity contribution in [3.05, 3.63) is 29.3 Å². The predicted octanol–water partition coefficient (Wildman–Crippen LogP) is 2.92. The largest absolute Gasteiger partial charge is 0.367 e. The first-order chi connectivity index (χ1) is 7.66. The lowest BCUT2D eigenvalue weighted by Gasteiger charge is -2.29. The Morgan fingerprint density at radius 3 is 2.94 bits per heavy atom. The Morgan fingerprint density at radius 2 is 2.19 bits per heavy atom. The van der Waals surface area contributed by atoms with Gasteiger partial charge in [0.15, 0.2) is 0 Å². The number of hydrogen-bond acceptors (Lipinski definition) is 2. The molecule has 0 spiro atoms. The molecule has 0 aromatic heterocycles. The molecule has 2 nitrogen and oxygen atoms in total. The van der Waals surface area contributed by atoms with Crippen molar-refractivity contribution in [1.82, 2.24) is 5.32 Å². The van der Waals surface area contributed by atoms with Crippen LogP contribution in [0.5, 0.6) is 0 Å². The lowest BCUT2D eigenvalue weighted by atomic mass is 10.2. The number of hydrogen-bond donors (Lipinski definition) is 1. The van der Waals surface area contributed by atoms with Crippen molar-refractivity contribution in [1.29, 1.82) is 0 Å². The third-order valence-electron chi connectivity index (χ3n) is 3.24. The fourth-order valence-corrected chi connectivity index (χ4v) is 2.36. The third-order valence-corrected chi connectivity index (χ3v) is 3.47. The molecule has 1 saturated heterocycles. The standard InChI is InChI=1S/C13H19ClN2/c1-10-6-7-16(11(2)9-15-10)13-5-3-4-12(14)8-13/h3-5,8,10-11,15H,6-7,9H2,1-2H3. The second kappa shape index (κ2) is 5.07. The van der Waals surface area contributed by atoms with Gasteiger partial charge >= 0.3 is 0 Å². The van der Waals surface area contributed by atoms with Gasteiger partial charge in [-0.25, -0.2) is 0 Å². The van der Waals surface area contributed by atoms with E-state index < -0.39 is 0 Å². The molecule has 1 N–H and O–H groups in total. The highest BCUT2D eigenvalue weighted by atomic mass is 35.5. The minimum absolute atomic E-state index is 0.517. The van der Waals surface area contributed by atoms with Gasteiger partial charge in [0.2, 0.25) is 0 Å². The zero-order chi connectivity index (χ0) is 11.5. The van der Waals surface area contributed by atoms with E-state index in [1.54, 1.807) is 0 Å². The van der Waals surface area contributed by atoms with E-state index in [4.69, 9.17) is 11.6 Å². The van der Waals surface area contributed by atoms with Gasteiger partial charge in [-0.15, -0.1) is 0 Å². The molecule has 1 aliphatic heterocycles. The molecular formula is C13H19ClN2. The summed E-state index contributed by atoms with van der Waals surface area (Å²) in [6, 6.07) is 9.25. The van der Waals surface area contributed by atoms with Crippen LogP contribution in [0.2, 0.25) is 5.02 Å². The summed E-state index contributed by atoms with van der Waals surface area (Å²) in [5, 5.41) is 4.35. The van der Waals surface area contributed by atoms with Gasteiger partial charge < -0.3 is 10.2 Å². The molecule has 88 valence electrons. The molecule has 2 unspecified atom stereocenters. The van der Waals surface area contributed by atoms with Crippen molar-refractivity contribution in [2.75, 3.05) is 18.0 Å². The van der Waals surface area contributed by atoms with E-state index in [-0.39, 0.29) is 0 Å². The smallest absolute Gasteiger partial charge is 0.0426 e. The third kappa shape index (κ3) is 2.69. The second-order valence-electron chi connectivity index (χ2n) is 4.62. The van der Waals surface area contributed by atoms with E-state index in [1.807, 2.05) is 18.2 Å². The number of nitrogens with zero attached hydrogens (tertiary/aromatic N) is 1. The Balaban J connectivity index is 2.18. The first kappa shape index (κ1) is 11.7. The molecule has 1 aromatic carbocycles. The van der Waals surface area contributed by atoms with Crippen LogP contribution in [-0.2, 0) is 0 Å². The van der Waals surface area contributed by atoms with Crippen LogP contribution < -0.4 is 10.2 Å². The number of anilines is 1. The van der Waals surface area contributed by atoms with Gasteiger partial charge in [0.1, 0.15) is 0 Å². The van der Waals surface area contributed by atoms with E-state index in [0.29, 0.717) is 12.1 Å². The number of benzene rings is 1. The van der Waals surface area contributed by atoms with Gasteiger partial charge in [0, 0.05) is 35.9 Å². The summed E-state index contributed by atoms with van der Waals surface area (Å²) >= 11 is 6.04. The Kier molecular flexibility index (Phi) is 3.72. The van der Waals surface area contributed by atoms with E-state index in [2.05, 4.69) is 30.1 Å². The zero-order valence-electron chi connectivity index (χ0n) is 9.91. The second-order valence-corrected chi connectivity index (χ2v) is 5.06. The van der Waals surface area contributed by atoms with Crippen molar-refractivity contribution >= 4 is 17.3 Å². The summed E-state index contributed by atoms with van der Waals surface area (Å²) in [5.74, 6) is 0.